The summed E-state index contributed by atoms with van der Waals surface area (Å²) in [7, 11) is -3.01. The van der Waals surface area contributed by atoms with Gasteiger partial charge in [0.2, 0.25) is 5.96 Å². The van der Waals surface area contributed by atoms with Crippen LogP contribution in [0.1, 0.15) is 6.92 Å². The van der Waals surface area contributed by atoms with Crippen LogP contribution in [-0.2, 0) is 9.84 Å². The van der Waals surface area contributed by atoms with Crippen molar-refractivity contribution in [2.24, 2.45) is 16.6 Å². The molecule has 1 unspecified atom stereocenters. The average molecular weight is 194 g/mol. The molecule has 7 heteroatoms. The second-order valence-electron chi connectivity index (χ2n) is 2.60. The number of nitrogens with zero attached hydrogens (tertiary/aromatic N) is 1. The monoisotopic (exact) mass is 194 g/mol. The number of sulfone groups is 1. The lowest BCUT2D eigenvalue weighted by Crippen LogP contribution is -2.38. The third-order valence-corrected chi connectivity index (χ3v) is 2.14. The molecule has 0 amide bonds. The maximum absolute atomic E-state index is 10.7. The van der Waals surface area contributed by atoms with E-state index in [2.05, 4.69) is 10.4 Å². The van der Waals surface area contributed by atoms with Crippen LogP contribution in [0.25, 0.3) is 0 Å². The van der Waals surface area contributed by atoms with Crippen LogP contribution >= 0.6 is 0 Å². The van der Waals surface area contributed by atoms with Gasteiger partial charge in [0, 0.05) is 6.26 Å². The van der Waals surface area contributed by atoms with Crippen LogP contribution in [0, 0.1) is 0 Å². The van der Waals surface area contributed by atoms with Crippen molar-refractivity contribution in [3.8, 4) is 0 Å². The lowest BCUT2D eigenvalue weighted by molar-refractivity contribution is 0.596. The fourth-order valence-electron chi connectivity index (χ4n) is 0.750. The lowest BCUT2D eigenvalue weighted by atomic mass is 10.4. The topological polar surface area (TPSA) is 111 Å². The van der Waals surface area contributed by atoms with Crippen molar-refractivity contribution in [1.29, 1.82) is 0 Å². The summed E-state index contributed by atoms with van der Waals surface area (Å²) in [5.74, 6) is 4.93. The Bertz CT molecular complexity index is 259. The minimum atomic E-state index is -3.01. The minimum Gasteiger partial charge on any atom is -0.369 e. The van der Waals surface area contributed by atoms with Crippen LogP contribution in [0.4, 0.5) is 0 Å². The molecular formula is C5H14N4O2S. The van der Waals surface area contributed by atoms with Crippen molar-refractivity contribution in [3.63, 3.8) is 0 Å². The van der Waals surface area contributed by atoms with E-state index in [4.69, 9.17) is 11.6 Å². The molecule has 6 nitrogen and oxygen atoms in total. The van der Waals surface area contributed by atoms with E-state index < -0.39 is 9.84 Å². The van der Waals surface area contributed by atoms with Gasteiger partial charge in [0.05, 0.1) is 11.8 Å². The predicted molar refractivity (Wildman–Crippen MR) is 48.1 cm³/mol. The Morgan fingerprint density at radius 1 is 1.67 bits per heavy atom. The SMILES string of the molecule is CC(CS(C)(=O)=O)N=C(N)NN. The number of hydrogen-bond donors (Lipinski definition) is 3. The van der Waals surface area contributed by atoms with Crippen LogP contribution in [0.5, 0.6) is 0 Å². The van der Waals surface area contributed by atoms with Gasteiger partial charge in [0.1, 0.15) is 9.84 Å². The van der Waals surface area contributed by atoms with Crippen molar-refractivity contribution in [2.75, 3.05) is 12.0 Å². The van der Waals surface area contributed by atoms with Crippen LogP contribution in [0.15, 0.2) is 4.99 Å². The molecule has 72 valence electrons. The fourth-order valence-corrected chi connectivity index (χ4v) is 1.70. The maximum atomic E-state index is 10.7. The molecule has 0 fully saturated rings. The quantitative estimate of drug-likeness (QED) is 0.212. The molecule has 0 aliphatic heterocycles. The van der Waals surface area contributed by atoms with E-state index in [0.717, 1.165) is 6.26 Å². The number of hydrazine groups is 1. The van der Waals surface area contributed by atoms with Crippen molar-refractivity contribution >= 4 is 15.8 Å². The molecular weight excluding hydrogens is 180 g/mol. The van der Waals surface area contributed by atoms with E-state index in [1.807, 2.05) is 0 Å². The summed E-state index contributed by atoms with van der Waals surface area (Å²) in [5, 5.41) is 0. The highest BCUT2D eigenvalue weighted by atomic mass is 32.2. The molecule has 0 aliphatic rings. The maximum Gasteiger partial charge on any atom is 0.203 e. The molecule has 12 heavy (non-hydrogen) atoms. The first-order valence-corrected chi connectivity index (χ1v) is 5.39. The number of nitrogens with one attached hydrogen (secondary N) is 1. The predicted octanol–water partition coefficient (Wildman–Crippen LogP) is -1.80. The summed E-state index contributed by atoms with van der Waals surface area (Å²) in [4.78, 5) is 3.76. The first kappa shape index (κ1) is 11.2. The third kappa shape index (κ3) is 5.93. The molecule has 0 saturated heterocycles. The minimum absolute atomic E-state index is 0.0324. The van der Waals surface area contributed by atoms with Gasteiger partial charge < -0.3 is 5.73 Å². The van der Waals surface area contributed by atoms with Crippen LogP contribution in [0.2, 0.25) is 0 Å². The molecule has 0 aromatic carbocycles. The highest BCUT2D eigenvalue weighted by molar-refractivity contribution is 7.90. The molecule has 0 spiro atoms. The van der Waals surface area contributed by atoms with E-state index in [1.54, 1.807) is 6.92 Å². The molecule has 0 saturated carbocycles. The smallest absolute Gasteiger partial charge is 0.203 e. The Balaban J connectivity index is 4.16. The number of guanidine groups is 1. The van der Waals surface area contributed by atoms with Gasteiger partial charge in [-0.2, -0.15) is 0 Å². The van der Waals surface area contributed by atoms with Gasteiger partial charge in [0.25, 0.3) is 0 Å². The molecule has 1 atom stereocenters. The van der Waals surface area contributed by atoms with Gasteiger partial charge in [-0.05, 0) is 6.92 Å². The Hall–Kier alpha value is -0.820. The van der Waals surface area contributed by atoms with Gasteiger partial charge in [-0.25, -0.2) is 19.3 Å². The Morgan fingerprint density at radius 3 is 2.50 bits per heavy atom. The normalized spacial score (nSPS) is 15.8. The third-order valence-electron chi connectivity index (χ3n) is 1.05. The van der Waals surface area contributed by atoms with Crippen LogP contribution in [-0.4, -0.2) is 32.4 Å². The molecule has 0 rings (SSSR count). The summed E-state index contributed by atoms with van der Waals surface area (Å²) in [5.41, 5.74) is 7.33. The highest BCUT2D eigenvalue weighted by Gasteiger charge is 2.08. The zero-order valence-corrected chi connectivity index (χ0v) is 7.93. The second-order valence-corrected chi connectivity index (χ2v) is 4.78. The molecule has 0 aliphatic carbocycles. The summed E-state index contributed by atoms with van der Waals surface area (Å²) < 4.78 is 21.5. The Kier molecular flexibility index (Phi) is 3.98. The number of rotatable bonds is 3. The summed E-state index contributed by atoms with van der Waals surface area (Å²) in [6.07, 6.45) is 1.14. The van der Waals surface area contributed by atoms with E-state index >= 15 is 0 Å². The number of hydrogen-bond acceptors (Lipinski definition) is 4. The van der Waals surface area contributed by atoms with Gasteiger partial charge >= 0.3 is 0 Å². The first-order chi connectivity index (χ1) is 5.35. The molecule has 0 bridgehead atoms. The highest BCUT2D eigenvalue weighted by Crippen LogP contribution is 1.94. The number of aliphatic imine (C=N–C) groups is 1. The van der Waals surface area contributed by atoms with Gasteiger partial charge in [-0.15, -0.1) is 0 Å². The molecule has 5 N–H and O–H groups in total. The van der Waals surface area contributed by atoms with Crippen LogP contribution in [0.3, 0.4) is 0 Å². The van der Waals surface area contributed by atoms with Gasteiger partial charge in [0.15, 0.2) is 0 Å². The van der Waals surface area contributed by atoms with E-state index in [1.165, 1.54) is 0 Å². The Labute approximate surface area is 71.9 Å². The molecule has 0 aromatic heterocycles. The van der Waals surface area contributed by atoms with Gasteiger partial charge in [-0.1, -0.05) is 0 Å². The number of nitrogens with two attached hydrogens (primary N) is 2. The van der Waals surface area contributed by atoms with Crippen molar-refractivity contribution in [2.45, 2.75) is 13.0 Å². The zero-order valence-electron chi connectivity index (χ0n) is 7.11. The second kappa shape index (κ2) is 4.27. The van der Waals surface area contributed by atoms with Crippen LogP contribution < -0.4 is 17.0 Å². The van der Waals surface area contributed by atoms with Gasteiger partial charge in [-0.3, -0.25) is 5.43 Å². The fraction of sp³-hybridized carbons (Fsp3) is 0.800. The Morgan fingerprint density at radius 2 is 2.17 bits per heavy atom. The van der Waals surface area contributed by atoms with E-state index in [9.17, 15) is 8.42 Å². The lowest BCUT2D eigenvalue weighted by Gasteiger charge is -2.05. The average Bonchev–Trinajstić information content (AvgIpc) is 1.82. The molecule has 0 heterocycles. The zero-order chi connectivity index (χ0) is 9.78. The first-order valence-electron chi connectivity index (χ1n) is 3.33. The molecule has 0 radical (unpaired) electrons. The summed E-state index contributed by atoms with van der Waals surface area (Å²) in [6, 6.07) is -0.379. The van der Waals surface area contributed by atoms with Crippen molar-refractivity contribution in [1.82, 2.24) is 5.43 Å². The van der Waals surface area contributed by atoms with Crippen molar-refractivity contribution in [3.05, 3.63) is 0 Å². The van der Waals surface area contributed by atoms with Crippen molar-refractivity contribution < 1.29 is 8.42 Å². The molecule has 0 aromatic rings. The standard InChI is InChI=1S/C5H14N4O2S/c1-4(3-12(2,10)11)8-5(6)9-7/h4H,3,7H2,1-2H3,(H3,6,8,9). The van der Waals surface area contributed by atoms with E-state index in [-0.39, 0.29) is 17.8 Å². The largest absolute Gasteiger partial charge is 0.369 e. The summed E-state index contributed by atoms with van der Waals surface area (Å²) in [6.45, 7) is 1.64. The summed E-state index contributed by atoms with van der Waals surface area (Å²) >= 11 is 0. The van der Waals surface area contributed by atoms with E-state index in [0.29, 0.717) is 0 Å².